The zero-order valence-corrected chi connectivity index (χ0v) is 12.4. The van der Waals surface area contributed by atoms with Gasteiger partial charge in [-0.05, 0) is 25.1 Å². The highest BCUT2D eigenvalue weighted by molar-refractivity contribution is 9.10. The molecule has 0 heterocycles. The van der Waals surface area contributed by atoms with Crippen LogP contribution in [0.2, 0.25) is 0 Å². The Kier molecular flexibility index (Phi) is 5.51. The molecule has 108 valence electrons. The molecule has 0 aliphatic rings. The van der Waals surface area contributed by atoms with Crippen LogP contribution in [0.15, 0.2) is 22.7 Å². The van der Waals surface area contributed by atoms with Gasteiger partial charge in [0.2, 0.25) is 0 Å². The van der Waals surface area contributed by atoms with Crippen molar-refractivity contribution in [1.82, 2.24) is 5.32 Å². The van der Waals surface area contributed by atoms with Crippen molar-refractivity contribution >= 4 is 39.6 Å². The second kappa shape index (κ2) is 6.90. The Hall–Kier alpha value is -2.09. The summed E-state index contributed by atoms with van der Waals surface area (Å²) in [5.74, 6) is -1.78. The molecular weight excluding hydrogens is 332 g/mol. The molecule has 0 saturated carbocycles. The topological polar surface area (TPSA) is 105 Å². The number of rotatable bonds is 4. The molecule has 0 aliphatic carbocycles. The molecule has 0 aromatic heterocycles. The van der Waals surface area contributed by atoms with Crippen LogP contribution in [0.25, 0.3) is 0 Å². The van der Waals surface area contributed by atoms with Crippen LogP contribution in [0.5, 0.6) is 0 Å². The Morgan fingerprint density at radius 3 is 2.55 bits per heavy atom. The summed E-state index contributed by atoms with van der Waals surface area (Å²) in [6.07, 6.45) is 0. The number of amides is 2. The molecule has 0 radical (unpaired) electrons. The third kappa shape index (κ3) is 4.23. The Balaban J connectivity index is 2.82. The maximum Gasteiger partial charge on any atom is 0.337 e. The molecule has 0 spiro atoms. The molecule has 1 aromatic carbocycles. The van der Waals surface area contributed by atoms with Crippen molar-refractivity contribution in [2.45, 2.75) is 13.0 Å². The van der Waals surface area contributed by atoms with E-state index in [4.69, 9.17) is 5.11 Å². The molecule has 3 N–H and O–H groups in total. The summed E-state index contributed by atoms with van der Waals surface area (Å²) in [5.41, 5.74) is 0.0514. The number of halogens is 1. The Morgan fingerprint density at radius 1 is 1.35 bits per heavy atom. The fourth-order valence-electron chi connectivity index (χ4n) is 1.40. The van der Waals surface area contributed by atoms with E-state index >= 15 is 0 Å². The second-order valence-corrected chi connectivity index (χ2v) is 4.75. The van der Waals surface area contributed by atoms with Gasteiger partial charge in [-0.2, -0.15) is 0 Å². The van der Waals surface area contributed by atoms with Crippen LogP contribution in [-0.2, 0) is 9.53 Å². The van der Waals surface area contributed by atoms with E-state index in [0.717, 1.165) is 0 Å². The van der Waals surface area contributed by atoms with Gasteiger partial charge in [0.1, 0.15) is 6.04 Å². The number of carbonyl (C=O) groups is 3. The van der Waals surface area contributed by atoms with Gasteiger partial charge >= 0.3 is 18.0 Å². The monoisotopic (exact) mass is 344 g/mol. The van der Waals surface area contributed by atoms with Crippen molar-refractivity contribution in [3.8, 4) is 0 Å². The van der Waals surface area contributed by atoms with Gasteiger partial charge in [0.05, 0.1) is 18.4 Å². The second-order valence-electron chi connectivity index (χ2n) is 3.84. The summed E-state index contributed by atoms with van der Waals surface area (Å²) < 4.78 is 5.07. The minimum atomic E-state index is -1.17. The van der Waals surface area contributed by atoms with Crippen LogP contribution < -0.4 is 10.6 Å². The lowest BCUT2D eigenvalue weighted by atomic mass is 10.2. The lowest BCUT2D eigenvalue weighted by Crippen LogP contribution is -2.41. The standard InChI is InChI=1S/C12H13BrN2O5/c1-6(11(18)20-2)14-12(19)15-9-5-7(13)3-4-8(9)10(16)17/h3-6H,1-2H3,(H,16,17)(H2,14,15,19). The van der Waals surface area contributed by atoms with Crippen LogP contribution in [0.4, 0.5) is 10.5 Å². The molecule has 1 aromatic rings. The van der Waals surface area contributed by atoms with E-state index in [-0.39, 0.29) is 11.3 Å². The lowest BCUT2D eigenvalue weighted by Gasteiger charge is -2.13. The first-order valence-corrected chi connectivity index (χ1v) is 6.32. The van der Waals surface area contributed by atoms with E-state index in [1.54, 1.807) is 6.07 Å². The van der Waals surface area contributed by atoms with Crippen molar-refractivity contribution in [3.05, 3.63) is 28.2 Å². The molecule has 0 fully saturated rings. The van der Waals surface area contributed by atoms with E-state index in [2.05, 4.69) is 31.3 Å². The summed E-state index contributed by atoms with van der Waals surface area (Å²) in [6.45, 7) is 1.45. The fraction of sp³-hybridized carbons (Fsp3) is 0.250. The number of ether oxygens (including phenoxy) is 1. The quantitative estimate of drug-likeness (QED) is 0.722. The van der Waals surface area contributed by atoms with Crippen molar-refractivity contribution in [1.29, 1.82) is 0 Å². The molecule has 1 unspecified atom stereocenters. The van der Waals surface area contributed by atoms with Gasteiger partial charge in [0.25, 0.3) is 0 Å². The Labute approximate surface area is 123 Å². The van der Waals surface area contributed by atoms with Crippen LogP contribution in [0, 0.1) is 0 Å². The van der Waals surface area contributed by atoms with Gasteiger partial charge < -0.3 is 20.5 Å². The number of carboxylic acids is 1. The number of methoxy groups -OCH3 is 1. The van der Waals surface area contributed by atoms with Crippen LogP contribution >= 0.6 is 15.9 Å². The Bertz CT molecular complexity index is 547. The number of hydrogen-bond donors (Lipinski definition) is 3. The zero-order chi connectivity index (χ0) is 15.3. The number of aromatic carboxylic acids is 1. The summed E-state index contributed by atoms with van der Waals surface area (Å²) in [4.78, 5) is 33.9. The number of urea groups is 1. The van der Waals surface area contributed by atoms with Crippen LogP contribution in [-0.4, -0.2) is 36.2 Å². The Morgan fingerprint density at radius 2 is 2.00 bits per heavy atom. The van der Waals surface area contributed by atoms with E-state index in [0.29, 0.717) is 4.47 Å². The smallest absolute Gasteiger partial charge is 0.337 e. The number of nitrogens with one attached hydrogen (secondary N) is 2. The number of carboxylic acid groups (broad SMARTS) is 1. The normalized spacial score (nSPS) is 11.3. The van der Waals surface area contributed by atoms with E-state index in [9.17, 15) is 14.4 Å². The van der Waals surface area contributed by atoms with Crippen LogP contribution in [0.3, 0.4) is 0 Å². The maximum absolute atomic E-state index is 11.7. The minimum Gasteiger partial charge on any atom is -0.478 e. The van der Waals surface area contributed by atoms with Crippen LogP contribution in [0.1, 0.15) is 17.3 Å². The molecule has 1 atom stereocenters. The summed E-state index contributed by atoms with van der Waals surface area (Å²) in [5, 5.41) is 13.7. The summed E-state index contributed by atoms with van der Waals surface area (Å²) in [6, 6.07) is 2.80. The van der Waals surface area contributed by atoms with Crippen molar-refractivity contribution < 1.29 is 24.2 Å². The van der Waals surface area contributed by atoms with Gasteiger partial charge in [-0.1, -0.05) is 15.9 Å². The number of benzene rings is 1. The van der Waals surface area contributed by atoms with Crippen molar-refractivity contribution in [3.63, 3.8) is 0 Å². The number of anilines is 1. The third-order valence-electron chi connectivity index (χ3n) is 2.36. The minimum absolute atomic E-state index is 0.0610. The highest BCUT2D eigenvalue weighted by Crippen LogP contribution is 2.21. The number of esters is 1. The molecule has 8 heteroatoms. The van der Waals surface area contributed by atoms with Gasteiger partial charge in [-0.3, -0.25) is 0 Å². The summed E-state index contributed by atoms with van der Waals surface area (Å²) >= 11 is 3.18. The first kappa shape index (κ1) is 16.0. The van der Waals surface area contributed by atoms with E-state index in [1.165, 1.54) is 26.2 Å². The molecular formula is C12H13BrN2O5. The van der Waals surface area contributed by atoms with E-state index in [1.807, 2.05) is 0 Å². The average Bonchev–Trinajstić information content (AvgIpc) is 2.37. The average molecular weight is 345 g/mol. The molecule has 2 amide bonds. The highest BCUT2D eigenvalue weighted by atomic mass is 79.9. The third-order valence-corrected chi connectivity index (χ3v) is 2.86. The number of carbonyl (C=O) groups excluding carboxylic acids is 2. The first-order chi connectivity index (χ1) is 9.35. The molecule has 20 heavy (non-hydrogen) atoms. The van der Waals surface area contributed by atoms with Crippen molar-refractivity contribution in [2.24, 2.45) is 0 Å². The largest absolute Gasteiger partial charge is 0.478 e. The van der Waals surface area contributed by atoms with Gasteiger partial charge in [-0.15, -0.1) is 0 Å². The summed E-state index contributed by atoms with van der Waals surface area (Å²) in [7, 11) is 1.20. The predicted molar refractivity (Wildman–Crippen MR) is 74.7 cm³/mol. The van der Waals surface area contributed by atoms with Gasteiger partial charge in [-0.25, -0.2) is 14.4 Å². The van der Waals surface area contributed by atoms with E-state index < -0.39 is 24.0 Å². The van der Waals surface area contributed by atoms with Crippen molar-refractivity contribution in [2.75, 3.05) is 12.4 Å². The fourth-order valence-corrected chi connectivity index (χ4v) is 1.76. The molecule has 0 bridgehead atoms. The maximum atomic E-state index is 11.7. The predicted octanol–water partition coefficient (Wildman–Crippen LogP) is 1.83. The number of hydrogen-bond acceptors (Lipinski definition) is 4. The van der Waals surface area contributed by atoms with Gasteiger partial charge in [0.15, 0.2) is 0 Å². The van der Waals surface area contributed by atoms with Gasteiger partial charge in [0, 0.05) is 4.47 Å². The molecule has 0 aliphatic heterocycles. The molecule has 7 nitrogen and oxygen atoms in total. The first-order valence-electron chi connectivity index (χ1n) is 5.53. The lowest BCUT2D eigenvalue weighted by molar-refractivity contribution is -0.142. The molecule has 0 saturated heterocycles. The highest BCUT2D eigenvalue weighted by Gasteiger charge is 2.18. The zero-order valence-electron chi connectivity index (χ0n) is 10.8. The molecule has 1 rings (SSSR count). The SMILES string of the molecule is COC(=O)C(C)NC(=O)Nc1cc(Br)ccc1C(=O)O.